The predicted molar refractivity (Wildman–Crippen MR) is 78.6 cm³/mol. The van der Waals surface area contributed by atoms with E-state index in [-0.39, 0.29) is 0 Å². The molecule has 0 saturated carbocycles. The van der Waals surface area contributed by atoms with Crippen molar-refractivity contribution >= 4 is 27.8 Å². The van der Waals surface area contributed by atoms with Crippen LogP contribution in [-0.2, 0) is 0 Å². The standard InChI is InChI=1S/C15H11N5/c16-15-19-12-9-18-7-5-14(12)20(15)13-3-1-2-10-4-6-17-8-11(10)13/h1-9H,(H2,16,19). The van der Waals surface area contributed by atoms with Crippen LogP contribution in [0.1, 0.15) is 0 Å². The molecule has 0 spiro atoms. The Labute approximate surface area is 114 Å². The van der Waals surface area contributed by atoms with Crippen molar-refractivity contribution in [2.75, 3.05) is 5.73 Å². The minimum absolute atomic E-state index is 0.448. The maximum absolute atomic E-state index is 6.08. The summed E-state index contributed by atoms with van der Waals surface area (Å²) in [6.07, 6.45) is 7.08. The van der Waals surface area contributed by atoms with Gasteiger partial charge in [0.05, 0.1) is 17.4 Å². The monoisotopic (exact) mass is 261 g/mol. The van der Waals surface area contributed by atoms with E-state index >= 15 is 0 Å². The van der Waals surface area contributed by atoms with Crippen LogP contribution in [-0.4, -0.2) is 19.5 Å². The molecule has 3 heterocycles. The lowest BCUT2D eigenvalue weighted by molar-refractivity contribution is 1.12. The number of nitrogen functional groups attached to an aromatic ring is 1. The molecule has 0 unspecified atom stereocenters. The average molecular weight is 261 g/mol. The first-order valence-electron chi connectivity index (χ1n) is 6.25. The molecule has 0 fully saturated rings. The molecule has 0 aliphatic heterocycles. The van der Waals surface area contributed by atoms with Crippen LogP contribution in [0.2, 0.25) is 0 Å². The Hall–Kier alpha value is -2.95. The van der Waals surface area contributed by atoms with Crippen molar-refractivity contribution in [3.05, 3.63) is 55.1 Å². The van der Waals surface area contributed by atoms with Gasteiger partial charge < -0.3 is 5.73 Å². The number of imidazole rings is 1. The summed E-state index contributed by atoms with van der Waals surface area (Å²) >= 11 is 0. The molecule has 5 heteroatoms. The first kappa shape index (κ1) is 10.9. The summed E-state index contributed by atoms with van der Waals surface area (Å²) in [6, 6.07) is 9.97. The molecule has 4 aromatic rings. The fourth-order valence-corrected chi connectivity index (χ4v) is 2.50. The van der Waals surface area contributed by atoms with Crippen molar-refractivity contribution in [3.8, 4) is 5.69 Å². The third-order valence-corrected chi connectivity index (χ3v) is 3.38. The Kier molecular flexibility index (Phi) is 2.20. The van der Waals surface area contributed by atoms with Crippen LogP contribution in [0.5, 0.6) is 0 Å². The van der Waals surface area contributed by atoms with Crippen LogP contribution >= 0.6 is 0 Å². The van der Waals surface area contributed by atoms with E-state index in [1.165, 1.54) is 0 Å². The maximum Gasteiger partial charge on any atom is 0.206 e. The minimum atomic E-state index is 0.448. The molecule has 20 heavy (non-hydrogen) atoms. The van der Waals surface area contributed by atoms with Gasteiger partial charge in [-0.25, -0.2) is 4.98 Å². The molecule has 0 aliphatic rings. The van der Waals surface area contributed by atoms with Gasteiger partial charge in [-0.1, -0.05) is 12.1 Å². The number of hydrogen-bond acceptors (Lipinski definition) is 4. The summed E-state index contributed by atoms with van der Waals surface area (Å²) in [7, 11) is 0. The summed E-state index contributed by atoms with van der Waals surface area (Å²) in [6.45, 7) is 0. The quantitative estimate of drug-likeness (QED) is 0.571. The molecule has 0 atom stereocenters. The summed E-state index contributed by atoms with van der Waals surface area (Å²) in [5, 5.41) is 2.16. The van der Waals surface area contributed by atoms with Gasteiger partial charge in [0, 0.05) is 24.0 Å². The number of nitrogens with two attached hydrogens (primary N) is 1. The molecular formula is C15H11N5. The molecule has 0 aliphatic carbocycles. The number of anilines is 1. The van der Waals surface area contributed by atoms with Crippen molar-refractivity contribution in [2.24, 2.45) is 0 Å². The first-order chi connectivity index (χ1) is 9.84. The number of fused-ring (bicyclic) bond motifs is 2. The number of rotatable bonds is 1. The normalized spacial score (nSPS) is 11.2. The van der Waals surface area contributed by atoms with Crippen molar-refractivity contribution in [1.82, 2.24) is 19.5 Å². The zero-order chi connectivity index (χ0) is 13.5. The van der Waals surface area contributed by atoms with E-state index in [4.69, 9.17) is 5.73 Å². The Morgan fingerprint density at radius 2 is 1.80 bits per heavy atom. The summed E-state index contributed by atoms with van der Waals surface area (Å²) in [4.78, 5) is 12.6. The first-order valence-corrected chi connectivity index (χ1v) is 6.25. The van der Waals surface area contributed by atoms with Crippen molar-refractivity contribution in [1.29, 1.82) is 0 Å². The third-order valence-electron chi connectivity index (χ3n) is 3.38. The topological polar surface area (TPSA) is 69.6 Å². The van der Waals surface area contributed by atoms with Crippen molar-refractivity contribution in [3.63, 3.8) is 0 Å². The average Bonchev–Trinajstić information content (AvgIpc) is 2.82. The van der Waals surface area contributed by atoms with Gasteiger partial charge in [-0.15, -0.1) is 0 Å². The molecule has 3 aromatic heterocycles. The maximum atomic E-state index is 6.08. The van der Waals surface area contributed by atoms with Crippen molar-refractivity contribution < 1.29 is 0 Å². The number of pyridine rings is 2. The van der Waals surface area contributed by atoms with Crippen LogP contribution < -0.4 is 5.73 Å². The van der Waals surface area contributed by atoms with Crippen molar-refractivity contribution in [2.45, 2.75) is 0 Å². The van der Waals surface area contributed by atoms with Gasteiger partial charge in [-0.3, -0.25) is 14.5 Å². The summed E-state index contributed by atoms with van der Waals surface area (Å²) in [5.74, 6) is 0.448. The zero-order valence-electron chi connectivity index (χ0n) is 10.6. The Morgan fingerprint density at radius 1 is 0.950 bits per heavy atom. The van der Waals surface area contributed by atoms with E-state index < -0.39 is 0 Å². The molecule has 4 rings (SSSR count). The highest BCUT2D eigenvalue weighted by Crippen LogP contribution is 2.27. The lowest BCUT2D eigenvalue weighted by atomic mass is 10.1. The number of aromatic nitrogens is 4. The molecule has 0 radical (unpaired) electrons. The SMILES string of the molecule is Nc1nc2cnccc2n1-c1cccc2ccncc12. The highest BCUT2D eigenvalue weighted by atomic mass is 15.2. The van der Waals surface area contributed by atoms with Gasteiger partial charge in [0.25, 0.3) is 0 Å². The highest BCUT2D eigenvalue weighted by molar-refractivity contribution is 5.92. The number of hydrogen-bond donors (Lipinski definition) is 1. The van der Waals surface area contributed by atoms with Gasteiger partial charge in [0.1, 0.15) is 5.52 Å². The molecule has 0 bridgehead atoms. The highest BCUT2D eigenvalue weighted by Gasteiger charge is 2.12. The van der Waals surface area contributed by atoms with E-state index in [1.54, 1.807) is 18.6 Å². The van der Waals surface area contributed by atoms with E-state index in [0.717, 1.165) is 27.5 Å². The second-order valence-corrected chi connectivity index (χ2v) is 4.54. The van der Waals surface area contributed by atoms with E-state index in [2.05, 4.69) is 21.0 Å². The van der Waals surface area contributed by atoms with Crippen LogP contribution in [0.15, 0.2) is 55.1 Å². The van der Waals surface area contributed by atoms with E-state index in [1.807, 2.05) is 35.0 Å². The lowest BCUT2D eigenvalue weighted by Gasteiger charge is -2.09. The van der Waals surface area contributed by atoms with Gasteiger partial charge in [0.15, 0.2) is 0 Å². The van der Waals surface area contributed by atoms with Crippen LogP contribution in [0.25, 0.3) is 27.5 Å². The fraction of sp³-hybridized carbons (Fsp3) is 0. The second kappa shape index (κ2) is 4.03. The molecule has 2 N–H and O–H groups in total. The van der Waals surface area contributed by atoms with E-state index in [9.17, 15) is 0 Å². The molecule has 0 amide bonds. The summed E-state index contributed by atoms with van der Waals surface area (Å²) < 4.78 is 1.93. The van der Waals surface area contributed by atoms with Gasteiger partial charge in [0.2, 0.25) is 5.95 Å². The van der Waals surface area contributed by atoms with Gasteiger partial charge >= 0.3 is 0 Å². The second-order valence-electron chi connectivity index (χ2n) is 4.54. The summed E-state index contributed by atoms with van der Waals surface area (Å²) in [5.41, 5.74) is 8.78. The Balaban J connectivity index is 2.14. The lowest BCUT2D eigenvalue weighted by Crippen LogP contribution is -2.01. The Morgan fingerprint density at radius 3 is 2.75 bits per heavy atom. The van der Waals surface area contributed by atoms with Crippen LogP contribution in [0.3, 0.4) is 0 Å². The molecule has 96 valence electrons. The van der Waals surface area contributed by atoms with Crippen LogP contribution in [0, 0.1) is 0 Å². The largest absolute Gasteiger partial charge is 0.369 e. The van der Waals surface area contributed by atoms with Gasteiger partial charge in [-0.05, 0) is 23.6 Å². The zero-order valence-corrected chi connectivity index (χ0v) is 10.6. The minimum Gasteiger partial charge on any atom is -0.369 e. The predicted octanol–water partition coefficient (Wildman–Crippen LogP) is 2.55. The smallest absolute Gasteiger partial charge is 0.206 e. The number of benzene rings is 1. The molecule has 5 nitrogen and oxygen atoms in total. The third kappa shape index (κ3) is 1.46. The molecule has 0 saturated heterocycles. The van der Waals surface area contributed by atoms with Gasteiger partial charge in [-0.2, -0.15) is 0 Å². The fourth-order valence-electron chi connectivity index (χ4n) is 2.50. The van der Waals surface area contributed by atoms with Crippen LogP contribution in [0.4, 0.5) is 5.95 Å². The molecular weight excluding hydrogens is 250 g/mol. The number of nitrogens with zero attached hydrogens (tertiary/aromatic N) is 4. The molecule has 1 aromatic carbocycles. The Bertz CT molecular complexity index is 921. The van der Waals surface area contributed by atoms with E-state index in [0.29, 0.717) is 5.95 Å².